The summed E-state index contributed by atoms with van der Waals surface area (Å²) < 4.78 is 6.57. The smallest absolute Gasteiger partial charge is 0.269 e. The lowest BCUT2D eigenvalue weighted by atomic mass is 10.2. The third-order valence-electron chi connectivity index (χ3n) is 2.96. The van der Waals surface area contributed by atoms with Crippen molar-refractivity contribution < 1.29 is 9.66 Å². The molecule has 0 saturated heterocycles. The summed E-state index contributed by atoms with van der Waals surface area (Å²) in [5, 5.41) is 10.6. The van der Waals surface area contributed by atoms with Gasteiger partial charge < -0.3 is 4.74 Å². The number of aromatic nitrogens is 2. The van der Waals surface area contributed by atoms with Gasteiger partial charge in [-0.05, 0) is 12.1 Å². The molecule has 2 heterocycles. The molecule has 0 atom stereocenters. The number of hydrogen-bond acceptors (Lipinski definition) is 5. The molecule has 1 aromatic heterocycles. The highest BCUT2D eigenvalue weighted by atomic mass is 16.6. The Balaban J connectivity index is 2.08. The molecule has 0 unspecified atom stereocenters. The zero-order chi connectivity index (χ0) is 13.4. The number of benzene rings is 1. The number of fused-ring (bicyclic) bond motifs is 1. The number of rotatable bonds is 2. The lowest BCUT2D eigenvalue weighted by Crippen LogP contribution is -2.21. The van der Waals surface area contributed by atoms with Gasteiger partial charge in [0.15, 0.2) is 0 Å². The molecule has 96 valence electrons. The van der Waals surface area contributed by atoms with E-state index >= 15 is 0 Å². The van der Waals surface area contributed by atoms with Crippen LogP contribution in [-0.2, 0) is 6.42 Å². The predicted octanol–water partition coefficient (Wildman–Crippen LogP) is 1.08. The van der Waals surface area contributed by atoms with Gasteiger partial charge in [-0.1, -0.05) is 0 Å². The highest BCUT2D eigenvalue weighted by Crippen LogP contribution is 2.19. The van der Waals surface area contributed by atoms with E-state index in [1.807, 2.05) is 0 Å². The fraction of sp³-hybridized carbons (Fsp3) is 0.167. The largest absolute Gasteiger partial charge is 0.477 e. The summed E-state index contributed by atoms with van der Waals surface area (Å²) >= 11 is 0. The summed E-state index contributed by atoms with van der Waals surface area (Å²) in [7, 11) is 0. The van der Waals surface area contributed by atoms with Crippen molar-refractivity contribution in [2.24, 2.45) is 0 Å². The number of ether oxygens (including phenoxy) is 1. The van der Waals surface area contributed by atoms with Crippen LogP contribution in [0.4, 0.5) is 5.69 Å². The second kappa shape index (κ2) is 4.20. The van der Waals surface area contributed by atoms with Crippen molar-refractivity contribution >= 4 is 5.69 Å². The molecule has 7 heteroatoms. The van der Waals surface area contributed by atoms with Crippen molar-refractivity contribution in [2.75, 3.05) is 6.61 Å². The third-order valence-corrected chi connectivity index (χ3v) is 2.96. The second-order valence-electron chi connectivity index (χ2n) is 4.08. The van der Waals surface area contributed by atoms with Crippen LogP contribution in [0, 0.1) is 10.1 Å². The van der Waals surface area contributed by atoms with Crippen LogP contribution in [0.15, 0.2) is 35.4 Å². The van der Waals surface area contributed by atoms with Crippen molar-refractivity contribution in [3.63, 3.8) is 0 Å². The monoisotopic (exact) mass is 259 g/mol. The van der Waals surface area contributed by atoms with Gasteiger partial charge in [-0.15, -0.1) is 0 Å². The first-order valence-corrected chi connectivity index (χ1v) is 5.65. The summed E-state index contributed by atoms with van der Waals surface area (Å²) in [4.78, 5) is 26.3. The van der Waals surface area contributed by atoms with Gasteiger partial charge in [0, 0.05) is 18.6 Å². The number of non-ortho nitro benzene ring substituents is 1. The first kappa shape index (κ1) is 11.4. The van der Waals surface area contributed by atoms with Gasteiger partial charge in [0.2, 0.25) is 5.88 Å². The maximum absolute atomic E-state index is 12.2. The van der Waals surface area contributed by atoms with E-state index < -0.39 is 4.92 Å². The molecule has 19 heavy (non-hydrogen) atoms. The summed E-state index contributed by atoms with van der Waals surface area (Å²) in [6.07, 6.45) is 1.91. The van der Waals surface area contributed by atoms with Crippen molar-refractivity contribution in [2.45, 2.75) is 6.42 Å². The fourth-order valence-electron chi connectivity index (χ4n) is 1.98. The molecule has 0 radical (unpaired) electrons. The van der Waals surface area contributed by atoms with Gasteiger partial charge in [0.05, 0.1) is 22.8 Å². The second-order valence-corrected chi connectivity index (χ2v) is 4.08. The average molecular weight is 259 g/mol. The Kier molecular flexibility index (Phi) is 2.52. The zero-order valence-electron chi connectivity index (χ0n) is 9.78. The van der Waals surface area contributed by atoms with E-state index in [1.54, 1.807) is 0 Å². The quantitative estimate of drug-likeness (QED) is 0.594. The van der Waals surface area contributed by atoms with Crippen LogP contribution >= 0.6 is 0 Å². The predicted molar refractivity (Wildman–Crippen MR) is 65.7 cm³/mol. The molecule has 2 aromatic rings. The SMILES string of the molecule is O=c1c2c(ncn1-c1ccc([N+](=O)[O-])cc1)OCC2. The molecule has 1 aliphatic heterocycles. The Morgan fingerprint density at radius 1 is 1.32 bits per heavy atom. The van der Waals surface area contributed by atoms with Crippen LogP contribution in [0.25, 0.3) is 5.69 Å². The minimum Gasteiger partial charge on any atom is -0.477 e. The molecule has 0 amide bonds. The van der Waals surface area contributed by atoms with Gasteiger partial charge in [-0.25, -0.2) is 4.98 Å². The maximum atomic E-state index is 12.2. The van der Waals surface area contributed by atoms with Crippen LogP contribution in [0.2, 0.25) is 0 Å². The number of nitro benzene ring substituents is 1. The Bertz CT molecular complexity index is 706. The van der Waals surface area contributed by atoms with Gasteiger partial charge in [0.25, 0.3) is 11.2 Å². The molecule has 7 nitrogen and oxygen atoms in total. The van der Waals surface area contributed by atoms with Crippen LogP contribution in [0.1, 0.15) is 5.56 Å². The lowest BCUT2D eigenvalue weighted by Gasteiger charge is -2.06. The van der Waals surface area contributed by atoms with Crippen LogP contribution in [-0.4, -0.2) is 21.1 Å². The Labute approximate surface area is 107 Å². The summed E-state index contributed by atoms with van der Waals surface area (Å²) in [5.41, 5.74) is 0.865. The summed E-state index contributed by atoms with van der Waals surface area (Å²) in [6.45, 7) is 0.460. The average Bonchev–Trinajstić information content (AvgIpc) is 2.88. The first-order valence-electron chi connectivity index (χ1n) is 5.65. The van der Waals surface area contributed by atoms with Crippen molar-refractivity contribution in [3.05, 3.63) is 56.6 Å². The Morgan fingerprint density at radius 3 is 2.74 bits per heavy atom. The van der Waals surface area contributed by atoms with E-state index in [4.69, 9.17) is 4.74 Å². The van der Waals surface area contributed by atoms with Crippen LogP contribution < -0.4 is 10.3 Å². The summed E-state index contributed by atoms with van der Waals surface area (Å²) in [5.74, 6) is 0.378. The Morgan fingerprint density at radius 2 is 2.05 bits per heavy atom. The van der Waals surface area contributed by atoms with E-state index in [-0.39, 0.29) is 11.2 Å². The molecule has 0 N–H and O–H groups in total. The van der Waals surface area contributed by atoms with Gasteiger partial charge in [0.1, 0.15) is 6.33 Å². The molecule has 0 saturated carbocycles. The molecule has 0 spiro atoms. The third kappa shape index (κ3) is 1.85. The van der Waals surface area contributed by atoms with Gasteiger partial charge >= 0.3 is 0 Å². The fourth-order valence-corrected chi connectivity index (χ4v) is 1.98. The van der Waals surface area contributed by atoms with Gasteiger partial charge in [-0.3, -0.25) is 19.5 Å². The first-order chi connectivity index (χ1) is 9.16. The van der Waals surface area contributed by atoms with Gasteiger partial charge in [-0.2, -0.15) is 0 Å². The molecule has 1 aromatic carbocycles. The molecule has 3 rings (SSSR count). The molecular weight excluding hydrogens is 250 g/mol. The molecule has 0 aliphatic carbocycles. The van der Waals surface area contributed by atoms with E-state index in [2.05, 4.69) is 4.98 Å². The van der Waals surface area contributed by atoms with Crippen molar-refractivity contribution in [1.82, 2.24) is 9.55 Å². The Hall–Kier alpha value is -2.70. The minimum absolute atomic E-state index is 0.0192. The van der Waals surface area contributed by atoms with Crippen LogP contribution in [0.3, 0.4) is 0 Å². The van der Waals surface area contributed by atoms with Crippen LogP contribution in [0.5, 0.6) is 5.88 Å². The minimum atomic E-state index is -0.485. The molecule has 0 fully saturated rings. The number of nitro groups is 1. The van der Waals surface area contributed by atoms with E-state index in [9.17, 15) is 14.9 Å². The van der Waals surface area contributed by atoms with E-state index in [0.29, 0.717) is 30.2 Å². The maximum Gasteiger partial charge on any atom is 0.269 e. The normalized spacial score (nSPS) is 12.8. The molecular formula is C12H9N3O4. The number of hydrogen-bond donors (Lipinski definition) is 0. The molecule has 1 aliphatic rings. The van der Waals surface area contributed by atoms with E-state index in [1.165, 1.54) is 35.2 Å². The lowest BCUT2D eigenvalue weighted by molar-refractivity contribution is -0.384. The topological polar surface area (TPSA) is 87.3 Å². The highest BCUT2D eigenvalue weighted by Gasteiger charge is 2.19. The van der Waals surface area contributed by atoms with Crippen molar-refractivity contribution in [1.29, 1.82) is 0 Å². The van der Waals surface area contributed by atoms with Crippen molar-refractivity contribution in [3.8, 4) is 11.6 Å². The molecule has 0 bridgehead atoms. The summed E-state index contributed by atoms with van der Waals surface area (Å²) in [6, 6.07) is 5.74. The van der Waals surface area contributed by atoms with E-state index in [0.717, 1.165) is 0 Å². The standard InChI is InChI=1S/C12H9N3O4/c16-12-10-5-6-19-11(10)13-7-14(12)8-1-3-9(4-2-8)15(17)18/h1-4,7H,5-6H2. The highest BCUT2D eigenvalue weighted by molar-refractivity contribution is 5.42. The number of nitrogens with zero attached hydrogens (tertiary/aromatic N) is 3. The zero-order valence-corrected chi connectivity index (χ0v) is 9.78.